The van der Waals surface area contributed by atoms with Gasteiger partial charge in [-0.3, -0.25) is 15.2 Å². The highest BCUT2D eigenvalue weighted by Gasteiger charge is 2.18. The van der Waals surface area contributed by atoms with E-state index in [0.29, 0.717) is 11.8 Å². The molecular formula is C12H14N4OS. The Labute approximate surface area is 109 Å². The molecule has 0 saturated carbocycles. The van der Waals surface area contributed by atoms with Crippen molar-refractivity contribution >= 4 is 23.2 Å². The van der Waals surface area contributed by atoms with E-state index < -0.39 is 0 Å². The maximum Gasteiger partial charge on any atom is 0.268 e. The number of thiophene rings is 1. The number of rotatable bonds is 2. The highest BCUT2D eigenvalue weighted by Crippen LogP contribution is 2.29. The van der Waals surface area contributed by atoms with E-state index in [-0.39, 0.29) is 5.91 Å². The molecule has 1 aliphatic carbocycles. The van der Waals surface area contributed by atoms with Crippen LogP contribution in [0.2, 0.25) is 0 Å². The number of anilines is 1. The first kappa shape index (κ1) is 11.4. The summed E-state index contributed by atoms with van der Waals surface area (Å²) < 4.78 is 0. The third-order valence-corrected chi connectivity index (χ3v) is 4.28. The summed E-state index contributed by atoms with van der Waals surface area (Å²) in [5.74, 6) is 0.910. The molecule has 0 radical (unpaired) electrons. The number of aryl methyl sites for hydroxylation is 3. The minimum absolute atomic E-state index is 0.117. The van der Waals surface area contributed by atoms with Gasteiger partial charge in [-0.15, -0.1) is 16.4 Å². The van der Waals surface area contributed by atoms with Crippen LogP contribution in [0.5, 0.6) is 0 Å². The lowest BCUT2D eigenvalue weighted by Crippen LogP contribution is -2.11. The Morgan fingerprint density at radius 2 is 2.28 bits per heavy atom. The van der Waals surface area contributed by atoms with Gasteiger partial charge in [0.25, 0.3) is 5.91 Å². The molecule has 0 atom stereocenters. The third kappa shape index (κ3) is 2.15. The Morgan fingerprint density at radius 1 is 1.44 bits per heavy atom. The summed E-state index contributed by atoms with van der Waals surface area (Å²) in [6.07, 6.45) is 4.66. The average Bonchev–Trinajstić information content (AvgIpc) is 2.95. The number of amides is 1. The van der Waals surface area contributed by atoms with E-state index in [1.54, 1.807) is 18.3 Å². The molecule has 2 aromatic heterocycles. The number of carbonyl (C=O) groups excluding carboxylic acids is 1. The number of fused-ring (bicyclic) bond motifs is 1. The lowest BCUT2D eigenvalue weighted by Gasteiger charge is -2.08. The molecule has 6 heteroatoms. The van der Waals surface area contributed by atoms with Crippen LogP contribution in [0, 0.1) is 6.92 Å². The number of H-pyrrole nitrogens is 1. The van der Waals surface area contributed by atoms with Gasteiger partial charge in [-0.1, -0.05) is 0 Å². The molecule has 18 heavy (non-hydrogen) atoms. The van der Waals surface area contributed by atoms with Crippen LogP contribution in [0.25, 0.3) is 0 Å². The van der Waals surface area contributed by atoms with Gasteiger partial charge >= 0.3 is 0 Å². The fourth-order valence-corrected chi connectivity index (χ4v) is 3.31. The van der Waals surface area contributed by atoms with Gasteiger partial charge in [0.2, 0.25) is 5.95 Å². The van der Waals surface area contributed by atoms with Crippen LogP contribution in [0.3, 0.4) is 0 Å². The van der Waals surface area contributed by atoms with Crippen molar-refractivity contribution in [2.75, 3.05) is 5.32 Å². The summed E-state index contributed by atoms with van der Waals surface area (Å²) in [5.41, 5.74) is 1.34. The lowest BCUT2D eigenvalue weighted by molar-refractivity contribution is 0.102. The van der Waals surface area contributed by atoms with Crippen LogP contribution in [0.4, 0.5) is 5.95 Å². The van der Waals surface area contributed by atoms with Crippen LogP contribution in [0.15, 0.2) is 6.07 Å². The monoisotopic (exact) mass is 262 g/mol. The number of hydrogen-bond acceptors (Lipinski definition) is 4. The number of hydrogen-bond donors (Lipinski definition) is 2. The summed E-state index contributed by atoms with van der Waals surface area (Å²) in [7, 11) is 0. The highest BCUT2D eigenvalue weighted by molar-refractivity contribution is 7.14. The second-order valence-corrected chi connectivity index (χ2v) is 5.60. The molecule has 0 aliphatic heterocycles. The molecule has 0 spiro atoms. The molecule has 0 aromatic carbocycles. The molecule has 0 saturated heterocycles. The van der Waals surface area contributed by atoms with Gasteiger partial charge in [0, 0.05) is 4.88 Å². The Balaban J connectivity index is 1.78. The van der Waals surface area contributed by atoms with Crippen molar-refractivity contribution in [2.45, 2.75) is 32.6 Å². The number of aromatic amines is 1. The fraction of sp³-hybridized carbons (Fsp3) is 0.417. The van der Waals surface area contributed by atoms with Gasteiger partial charge in [0.1, 0.15) is 5.82 Å². The van der Waals surface area contributed by atoms with E-state index in [1.165, 1.54) is 23.3 Å². The highest BCUT2D eigenvalue weighted by atomic mass is 32.1. The Morgan fingerprint density at radius 3 is 3.00 bits per heavy atom. The van der Waals surface area contributed by atoms with Crippen LogP contribution >= 0.6 is 11.3 Å². The van der Waals surface area contributed by atoms with Crippen LogP contribution < -0.4 is 5.32 Å². The van der Waals surface area contributed by atoms with Crippen molar-refractivity contribution in [1.29, 1.82) is 0 Å². The van der Waals surface area contributed by atoms with Gasteiger partial charge in [-0.05, 0) is 44.2 Å². The minimum Gasteiger partial charge on any atom is -0.288 e. The maximum atomic E-state index is 12.0. The second kappa shape index (κ2) is 4.53. The zero-order valence-corrected chi connectivity index (χ0v) is 10.9. The normalized spacial score (nSPS) is 14.3. The standard InChI is InChI=1S/C12H14N4OS/c1-7-13-12(16-15-7)14-11(17)10-6-8-4-2-3-5-9(8)18-10/h6H,2-5H2,1H3,(H2,13,14,15,16,17). The van der Waals surface area contributed by atoms with Crippen LogP contribution in [-0.4, -0.2) is 21.1 Å². The minimum atomic E-state index is -0.117. The van der Waals surface area contributed by atoms with E-state index >= 15 is 0 Å². The van der Waals surface area contributed by atoms with Crippen molar-refractivity contribution in [3.8, 4) is 0 Å². The predicted octanol–water partition coefficient (Wildman–Crippen LogP) is 2.31. The van der Waals surface area contributed by atoms with Gasteiger partial charge in [-0.2, -0.15) is 4.98 Å². The van der Waals surface area contributed by atoms with Gasteiger partial charge in [0.15, 0.2) is 0 Å². The zero-order chi connectivity index (χ0) is 12.5. The SMILES string of the molecule is Cc1nc(NC(=O)c2cc3c(s2)CCCC3)n[nH]1. The number of aromatic nitrogens is 3. The molecule has 3 rings (SSSR count). The summed E-state index contributed by atoms with van der Waals surface area (Å²) in [6, 6.07) is 2.01. The molecule has 2 aromatic rings. The van der Waals surface area contributed by atoms with E-state index in [9.17, 15) is 4.79 Å². The van der Waals surface area contributed by atoms with Crippen molar-refractivity contribution < 1.29 is 4.79 Å². The summed E-state index contributed by atoms with van der Waals surface area (Å²) in [6.45, 7) is 1.80. The lowest BCUT2D eigenvalue weighted by atomic mass is 9.99. The summed E-state index contributed by atoms with van der Waals surface area (Å²) >= 11 is 1.59. The number of nitrogens with one attached hydrogen (secondary N) is 2. The first-order chi connectivity index (χ1) is 8.72. The maximum absolute atomic E-state index is 12.0. The van der Waals surface area contributed by atoms with Crippen LogP contribution in [0.1, 0.15) is 38.8 Å². The van der Waals surface area contributed by atoms with E-state index in [1.807, 2.05) is 6.07 Å². The van der Waals surface area contributed by atoms with Gasteiger partial charge < -0.3 is 0 Å². The first-order valence-electron chi connectivity index (χ1n) is 6.04. The Bertz CT molecular complexity index is 563. The molecule has 1 amide bonds. The molecule has 94 valence electrons. The van der Waals surface area contributed by atoms with Crippen molar-refractivity contribution in [2.24, 2.45) is 0 Å². The predicted molar refractivity (Wildman–Crippen MR) is 70.0 cm³/mol. The molecule has 0 unspecified atom stereocenters. The smallest absolute Gasteiger partial charge is 0.268 e. The summed E-state index contributed by atoms with van der Waals surface area (Å²) in [4.78, 5) is 18.2. The molecular weight excluding hydrogens is 248 g/mol. The number of carbonyl (C=O) groups is 1. The summed E-state index contributed by atoms with van der Waals surface area (Å²) in [5, 5.41) is 9.31. The average molecular weight is 262 g/mol. The van der Waals surface area contributed by atoms with Crippen molar-refractivity contribution in [1.82, 2.24) is 15.2 Å². The van der Waals surface area contributed by atoms with Gasteiger partial charge in [0.05, 0.1) is 4.88 Å². The molecule has 5 nitrogen and oxygen atoms in total. The molecule has 0 bridgehead atoms. The van der Waals surface area contributed by atoms with Gasteiger partial charge in [-0.25, -0.2) is 0 Å². The second-order valence-electron chi connectivity index (χ2n) is 4.46. The topological polar surface area (TPSA) is 70.7 Å². The van der Waals surface area contributed by atoms with E-state index in [2.05, 4.69) is 20.5 Å². The molecule has 1 aliphatic rings. The fourth-order valence-electron chi connectivity index (χ4n) is 2.16. The quantitative estimate of drug-likeness (QED) is 0.872. The third-order valence-electron chi connectivity index (χ3n) is 3.04. The van der Waals surface area contributed by atoms with E-state index in [4.69, 9.17) is 0 Å². The largest absolute Gasteiger partial charge is 0.288 e. The van der Waals surface area contributed by atoms with Crippen molar-refractivity contribution in [3.63, 3.8) is 0 Å². The first-order valence-corrected chi connectivity index (χ1v) is 6.86. The van der Waals surface area contributed by atoms with Crippen molar-refractivity contribution in [3.05, 3.63) is 27.2 Å². The molecule has 0 fully saturated rings. The zero-order valence-electron chi connectivity index (χ0n) is 10.1. The molecule has 2 N–H and O–H groups in total. The number of nitrogens with zero attached hydrogens (tertiary/aromatic N) is 2. The Hall–Kier alpha value is -1.69. The molecule has 2 heterocycles. The van der Waals surface area contributed by atoms with Crippen LogP contribution in [-0.2, 0) is 12.8 Å². The van der Waals surface area contributed by atoms with E-state index in [0.717, 1.165) is 17.7 Å². The Kier molecular flexibility index (Phi) is 2.87.